The molecule has 3 rings (SSSR count). The predicted octanol–water partition coefficient (Wildman–Crippen LogP) is 4.08. The Labute approximate surface area is 151 Å². The van der Waals surface area contributed by atoms with Crippen molar-refractivity contribution in [1.29, 1.82) is 0 Å². The number of imidazole rings is 1. The number of halogens is 2. The minimum absolute atomic E-state index is 0.192. The van der Waals surface area contributed by atoms with Crippen molar-refractivity contribution in [3.8, 4) is 0 Å². The van der Waals surface area contributed by atoms with Crippen LogP contribution in [0, 0.1) is 12.7 Å². The zero-order valence-corrected chi connectivity index (χ0v) is 15.1. The lowest BCUT2D eigenvalue weighted by atomic mass is 10.2. The summed E-state index contributed by atoms with van der Waals surface area (Å²) in [7, 11) is 1.67. The average molecular weight is 362 g/mol. The van der Waals surface area contributed by atoms with Gasteiger partial charge < -0.3 is 9.14 Å². The molecule has 4 nitrogen and oxygen atoms in total. The average Bonchev–Trinajstić information content (AvgIpc) is 2.90. The van der Waals surface area contributed by atoms with Crippen LogP contribution in [0.2, 0.25) is 5.02 Å². The third-order valence-corrected chi connectivity index (χ3v) is 4.44. The first-order valence-electron chi connectivity index (χ1n) is 8.16. The van der Waals surface area contributed by atoms with E-state index >= 15 is 0 Å². The van der Waals surface area contributed by atoms with Crippen LogP contribution in [0.15, 0.2) is 42.6 Å². The molecule has 0 aliphatic carbocycles. The Hall–Kier alpha value is -1.95. The molecule has 0 amide bonds. The summed E-state index contributed by atoms with van der Waals surface area (Å²) in [4.78, 5) is 6.74. The van der Waals surface area contributed by atoms with Crippen LogP contribution in [-0.4, -0.2) is 34.5 Å². The summed E-state index contributed by atoms with van der Waals surface area (Å²) < 4.78 is 21.3. The van der Waals surface area contributed by atoms with Gasteiger partial charge in [-0.15, -0.1) is 0 Å². The van der Waals surface area contributed by atoms with Crippen molar-refractivity contribution in [3.05, 3.63) is 70.4 Å². The smallest absolute Gasteiger partial charge is 0.137 e. The molecule has 0 unspecified atom stereocenters. The molecule has 0 spiro atoms. The van der Waals surface area contributed by atoms with E-state index < -0.39 is 0 Å². The molecule has 0 bridgehead atoms. The van der Waals surface area contributed by atoms with Gasteiger partial charge in [0.2, 0.25) is 0 Å². The first kappa shape index (κ1) is 17.9. The van der Waals surface area contributed by atoms with Gasteiger partial charge in [0.05, 0.1) is 23.0 Å². The summed E-state index contributed by atoms with van der Waals surface area (Å²) in [5.41, 5.74) is 3.51. The van der Waals surface area contributed by atoms with E-state index in [9.17, 15) is 4.39 Å². The Kier molecular flexibility index (Phi) is 5.68. The number of ether oxygens (including phenoxy) is 1. The highest BCUT2D eigenvalue weighted by Crippen LogP contribution is 2.19. The van der Waals surface area contributed by atoms with E-state index in [2.05, 4.69) is 9.88 Å². The summed E-state index contributed by atoms with van der Waals surface area (Å²) in [5, 5.41) is 0.656. The van der Waals surface area contributed by atoms with E-state index in [1.165, 1.54) is 6.07 Å². The van der Waals surface area contributed by atoms with Crippen molar-refractivity contribution in [2.24, 2.45) is 0 Å². The topological polar surface area (TPSA) is 29.8 Å². The van der Waals surface area contributed by atoms with Crippen molar-refractivity contribution in [2.45, 2.75) is 20.0 Å². The minimum atomic E-state index is -0.192. The fourth-order valence-electron chi connectivity index (χ4n) is 2.89. The molecule has 6 heteroatoms. The van der Waals surface area contributed by atoms with Crippen molar-refractivity contribution >= 4 is 17.2 Å². The monoisotopic (exact) mass is 361 g/mol. The number of hydrogen-bond donors (Lipinski definition) is 0. The standard InChI is InChI=1S/C19H21ClFN3O/c1-14-18(24-12-16(20)7-8-19(24)22-14)13-23(9-10-25-2)11-15-5-3-4-6-17(15)21/h3-8,12H,9-11,13H2,1-2H3. The highest BCUT2D eigenvalue weighted by atomic mass is 35.5. The molecule has 0 N–H and O–H groups in total. The van der Waals surface area contributed by atoms with E-state index in [4.69, 9.17) is 16.3 Å². The van der Waals surface area contributed by atoms with Gasteiger partial charge in [0.1, 0.15) is 11.5 Å². The second-order valence-corrected chi connectivity index (χ2v) is 6.45. The molecule has 0 fully saturated rings. The predicted molar refractivity (Wildman–Crippen MR) is 97.3 cm³/mol. The van der Waals surface area contributed by atoms with Gasteiger partial charge in [-0.1, -0.05) is 29.8 Å². The first-order valence-corrected chi connectivity index (χ1v) is 8.54. The van der Waals surface area contributed by atoms with Gasteiger partial charge in [-0.05, 0) is 25.1 Å². The van der Waals surface area contributed by atoms with Crippen LogP contribution < -0.4 is 0 Å². The summed E-state index contributed by atoms with van der Waals surface area (Å²) in [6.07, 6.45) is 1.86. The van der Waals surface area contributed by atoms with Crippen LogP contribution >= 0.6 is 11.6 Å². The number of nitrogens with zero attached hydrogens (tertiary/aromatic N) is 3. The lowest BCUT2D eigenvalue weighted by Crippen LogP contribution is -2.28. The number of aromatic nitrogens is 2. The largest absolute Gasteiger partial charge is 0.383 e. The van der Waals surface area contributed by atoms with Gasteiger partial charge in [-0.25, -0.2) is 9.37 Å². The van der Waals surface area contributed by atoms with Crippen molar-refractivity contribution in [1.82, 2.24) is 14.3 Å². The number of fused-ring (bicyclic) bond motifs is 1. The number of aryl methyl sites for hydroxylation is 1. The van der Waals surface area contributed by atoms with Gasteiger partial charge in [-0.3, -0.25) is 4.90 Å². The summed E-state index contributed by atoms with van der Waals surface area (Å²) >= 11 is 6.14. The van der Waals surface area contributed by atoms with Crippen molar-refractivity contribution < 1.29 is 9.13 Å². The quantitative estimate of drug-likeness (QED) is 0.635. The van der Waals surface area contributed by atoms with Crippen molar-refractivity contribution in [2.75, 3.05) is 20.3 Å². The fraction of sp³-hybridized carbons (Fsp3) is 0.316. The van der Waals surface area contributed by atoms with E-state index in [1.54, 1.807) is 13.2 Å². The van der Waals surface area contributed by atoms with E-state index in [-0.39, 0.29) is 5.82 Å². The second kappa shape index (κ2) is 7.95. The third-order valence-electron chi connectivity index (χ3n) is 4.22. The summed E-state index contributed by atoms with van der Waals surface area (Å²) in [6, 6.07) is 10.6. The fourth-order valence-corrected chi connectivity index (χ4v) is 3.05. The van der Waals surface area contributed by atoms with Gasteiger partial charge in [0.15, 0.2) is 0 Å². The normalized spacial score (nSPS) is 11.6. The van der Waals surface area contributed by atoms with Crippen LogP contribution in [0.3, 0.4) is 0 Å². The van der Waals surface area contributed by atoms with Gasteiger partial charge in [0.25, 0.3) is 0 Å². The zero-order chi connectivity index (χ0) is 17.8. The molecule has 132 valence electrons. The van der Waals surface area contributed by atoms with E-state index in [0.29, 0.717) is 36.8 Å². The Morgan fingerprint density at radius 1 is 1.20 bits per heavy atom. The molecular formula is C19H21ClFN3O. The summed E-state index contributed by atoms with van der Waals surface area (Å²) in [6.45, 7) is 4.38. The van der Waals surface area contributed by atoms with Crippen molar-refractivity contribution in [3.63, 3.8) is 0 Å². The lowest BCUT2D eigenvalue weighted by molar-refractivity contribution is 0.138. The van der Waals surface area contributed by atoms with Crippen LogP contribution in [-0.2, 0) is 17.8 Å². The second-order valence-electron chi connectivity index (χ2n) is 6.01. The highest BCUT2D eigenvalue weighted by Gasteiger charge is 2.15. The van der Waals surface area contributed by atoms with Crippen LogP contribution in [0.4, 0.5) is 4.39 Å². The maximum Gasteiger partial charge on any atom is 0.137 e. The molecule has 0 radical (unpaired) electrons. The number of pyridine rings is 1. The number of methoxy groups -OCH3 is 1. The number of hydrogen-bond acceptors (Lipinski definition) is 3. The summed E-state index contributed by atoms with van der Waals surface area (Å²) in [5.74, 6) is -0.192. The van der Waals surface area contributed by atoms with Gasteiger partial charge in [-0.2, -0.15) is 0 Å². The van der Waals surface area contributed by atoms with Crippen LogP contribution in [0.25, 0.3) is 5.65 Å². The molecule has 25 heavy (non-hydrogen) atoms. The number of benzene rings is 1. The molecule has 3 aromatic rings. The molecule has 0 saturated carbocycles. The molecule has 0 aliphatic rings. The zero-order valence-electron chi connectivity index (χ0n) is 14.4. The maximum atomic E-state index is 14.0. The van der Waals surface area contributed by atoms with Gasteiger partial charge in [0, 0.05) is 38.5 Å². The highest BCUT2D eigenvalue weighted by molar-refractivity contribution is 6.30. The maximum absolute atomic E-state index is 14.0. The lowest BCUT2D eigenvalue weighted by Gasteiger charge is -2.22. The van der Waals surface area contributed by atoms with Crippen LogP contribution in [0.5, 0.6) is 0 Å². The minimum Gasteiger partial charge on any atom is -0.383 e. The molecule has 2 heterocycles. The Morgan fingerprint density at radius 3 is 2.76 bits per heavy atom. The first-order chi connectivity index (χ1) is 12.1. The number of rotatable bonds is 7. The molecule has 0 aliphatic heterocycles. The Balaban J connectivity index is 1.89. The molecule has 0 saturated heterocycles. The Bertz CT molecular complexity index is 865. The molecule has 1 aromatic carbocycles. The SMILES string of the molecule is COCCN(Cc1ccccc1F)Cc1c(C)nc2ccc(Cl)cn12. The molecule has 0 atom stereocenters. The van der Waals surface area contributed by atoms with Crippen LogP contribution in [0.1, 0.15) is 17.0 Å². The third kappa shape index (κ3) is 4.18. The molecular weight excluding hydrogens is 341 g/mol. The van der Waals surface area contributed by atoms with Gasteiger partial charge >= 0.3 is 0 Å². The van der Waals surface area contributed by atoms with E-state index in [0.717, 1.165) is 17.0 Å². The Morgan fingerprint density at radius 2 is 2.00 bits per heavy atom. The molecule has 2 aromatic heterocycles. The van der Waals surface area contributed by atoms with E-state index in [1.807, 2.05) is 41.8 Å².